The predicted molar refractivity (Wildman–Crippen MR) is 77.1 cm³/mol. The van der Waals surface area contributed by atoms with Gasteiger partial charge in [-0.15, -0.1) is 0 Å². The van der Waals surface area contributed by atoms with Crippen molar-refractivity contribution < 1.29 is 14.6 Å². The first-order valence-corrected chi connectivity index (χ1v) is 7.61. The lowest BCUT2D eigenvalue weighted by molar-refractivity contribution is 0.0694. The molecule has 2 unspecified atom stereocenters. The van der Waals surface area contributed by atoms with Gasteiger partial charge in [-0.3, -0.25) is 0 Å². The van der Waals surface area contributed by atoms with Crippen LogP contribution in [0.1, 0.15) is 31.2 Å². The van der Waals surface area contributed by atoms with Gasteiger partial charge in [0.15, 0.2) is 11.5 Å². The summed E-state index contributed by atoms with van der Waals surface area (Å²) in [5.41, 5.74) is 1.13. The van der Waals surface area contributed by atoms with Crippen LogP contribution in [0.5, 0.6) is 11.5 Å². The maximum Gasteiger partial charge on any atom is 0.165 e. The number of para-hydroxylation sites is 1. The highest BCUT2D eigenvalue weighted by atomic mass is 16.6. The average molecular weight is 277 g/mol. The molecule has 1 fully saturated rings. The molecular formula is C16H23NO3. The summed E-state index contributed by atoms with van der Waals surface area (Å²) in [6.45, 7) is 2.87. The first kappa shape index (κ1) is 13.7. The molecule has 0 saturated heterocycles. The molecule has 0 aromatic heterocycles. The predicted octanol–water partition coefficient (Wildman–Crippen LogP) is 2.10. The lowest BCUT2D eigenvalue weighted by Gasteiger charge is -2.28. The molecule has 2 N–H and O–H groups in total. The van der Waals surface area contributed by atoms with Crippen molar-refractivity contribution >= 4 is 0 Å². The molecule has 4 heteroatoms. The Bertz CT molecular complexity index is 449. The van der Waals surface area contributed by atoms with Gasteiger partial charge in [0.05, 0.1) is 6.10 Å². The fourth-order valence-electron chi connectivity index (χ4n) is 3.09. The quantitative estimate of drug-likeness (QED) is 0.885. The van der Waals surface area contributed by atoms with E-state index in [9.17, 15) is 5.11 Å². The molecule has 1 aromatic carbocycles. The van der Waals surface area contributed by atoms with Crippen LogP contribution in [0.2, 0.25) is 0 Å². The number of hydrogen-bond acceptors (Lipinski definition) is 4. The Hall–Kier alpha value is -1.26. The number of benzene rings is 1. The number of rotatable bonds is 4. The molecule has 110 valence electrons. The molecule has 0 amide bonds. The molecule has 4 nitrogen and oxygen atoms in total. The Labute approximate surface area is 120 Å². The summed E-state index contributed by atoms with van der Waals surface area (Å²) in [4.78, 5) is 0. The van der Waals surface area contributed by atoms with E-state index in [-0.39, 0.29) is 6.10 Å². The van der Waals surface area contributed by atoms with E-state index in [1.807, 2.05) is 12.1 Å². The summed E-state index contributed by atoms with van der Waals surface area (Å²) in [7, 11) is 0. The summed E-state index contributed by atoms with van der Waals surface area (Å²) in [6.07, 6.45) is 4.33. The maximum absolute atomic E-state index is 9.97. The normalized spacial score (nSPS) is 25.4. The topological polar surface area (TPSA) is 50.7 Å². The van der Waals surface area contributed by atoms with Gasteiger partial charge in [0, 0.05) is 18.7 Å². The van der Waals surface area contributed by atoms with E-state index < -0.39 is 0 Å². The molecule has 2 aliphatic rings. The Morgan fingerprint density at radius 2 is 2.00 bits per heavy atom. The number of ether oxygens (including phenoxy) is 2. The minimum atomic E-state index is -0.138. The Kier molecular flexibility index (Phi) is 4.43. The van der Waals surface area contributed by atoms with Crippen LogP contribution >= 0.6 is 0 Å². The van der Waals surface area contributed by atoms with Crippen molar-refractivity contribution in [3.63, 3.8) is 0 Å². The van der Waals surface area contributed by atoms with Gasteiger partial charge in [0.1, 0.15) is 13.2 Å². The van der Waals surface area contributed by atoms with E-state index in [4.69, 9.17) is 9.47 Å². The molecule has 1 aliphatic heterocycles. The van der Waals surface area contributed by atoms with Crippen LogP contribution in [0.3, 0.4) is 0 Å². The third-order valence-electron chi connectivity index (χ3n) is 4.24. The Balaban J connectivity index is 1.56. The molecule has 1 saturated carbocycles. The summed E-state index contributed by atoms with van der Waals surface area (Å²) >= 11 is 0. The van der Waals surface area contributed by atoms with Crippen LogP contribution in [0.4, 0.5) is 0 Å². The van der Waals surface area contributed by atoms with Crippen molar-refractivity contribution in [2.75, 3.05) is 19.8 Å². The molecule has 20 heavy (non-hydrogen) atoms. The van der Waals surface area contributed by atoms with Gasteiger partial charge in [0.25, 0.3) is 0 Å². The zero-order valence-corrected chi connectivity index (χ0v) is 11.8. The van der Waals surface area contributed by atoms with Crippen LogP contribution in [0, 0.1) is 5.92 Å². The second kappa shape index (κ2) is 6.46. The van der Waals surface area contributed by atoms with Gasteiger partial charge >= 0.3 is 0 Å². The highest BCUT2D eigenvalue weighted by Gasteiger charge is 2.22. The molecule has 1 aliphatic carbocycles. The molecule has 0 spiro atoms. The SMILES string of the molecule is OC1CCCCC1CNCc1cccc2c1OCCO2. The summed E-state index contributed by atoms with van der Waals surface area (Å²) in [5, 5.41) is 13.4. The Morgan fingerprint density at radius 1 is 1.15 bits per heavy atom. The molecule has 2 atom stereocenters. The van der Waals surface area contributed by atoms with E-state index >= 15 is 0 Å². The first-order valence-electron chi connectivity index (χ1n) is 7.61. The van der Waals surface area contributed by atoms with Crippen molar-refractivity contribution in [1.29, 1.82) is 0 Å². The zero-order valence-electron chi connectivity index (χ0n) is 11.8. The van der Waals surface area contributed by atoms with E-state index in [1.54, 1.807) is 0 Å². The van der Waals surface area contributed by atoms with Crippen molar-refractivity contribution in [3.05, 3.63) is 23.8 Å². The second-order valence-corrected chi connectivity index (χ2v) is 5.68. The Morgan fingerprint density at radius 3 is 2.90 bits per heavy atom. The third-order valence-corrected chi connectivity index (χ3v) is 4.24. The van der Waals surface area contributed by atoms with Gasteiger partial charge in [0.2, 0.25) is 0 Å². The molecule has 0 bridgehead atoms. The van der Waals surface area contributed by atoms with Crippen LogP contribution in [0.25, 0.3) is 0 Å². The van der Waals surface area contributed by atoms with E-state index in [1.165, 1.54) is 6.42 Å². The maximum atomic E-state index is 9.97. The monoisotopic (exact) mass is 277 g/mol. The zero-order chi connectivity index (χ0) is 13.8. The molecule has 0 radical (unpaired) electrons. The fourth-order valence-corrected chi connectivity index (χ4v) is 3.09. The largest absolute Gasteiger partial charge is 0.486 e. The average Bonchev–Trinajstić information content (AvgIpc) is 2.49. The smallest absolute Gasteiger partial charge is 0.165 e. The van der Waals surface area contributed by atoms with Crippen molar-refractivity contribution in [2.45, 2.75) is 38.3 Å². The number of nitrogens with one attached hydrogen (secondary N) is 1. The lowest BCUT2D eigenvalue weighted by Crippen LogP contribution is -2.33. The molecular weight excluding hydrogens is 254 g/mol. The van der Waals surface area contributed by atoms with E-state index in [2.05, 4.69) is 11.4 Å². The lowest BCUT2D eigenvalue weighted by atomic mass is 9.86. The van der Waals surface area contributed by atoms with Gasteiger partial charge in [-0.2, -0.15) is 0 Å². The van der Waals surface area contributed by atoms with E-state index in [0.29, 0.717) is 19.1 Å². The van der Waals surface area contributed by atoms with Crippen LogP contribution in [-0.2, 0) is 6.54 Å². The molecule has 3 rings (SSSR count). The second-order valence-electron chi connectivity index (χ2n) is 5.68. The van der Waals surface area contributed by atoms with Crippen LogP contribution in [-0.4, -0.2) is 31.0 Å². The van der Waals surface area contributed by atoms with Crippen molar-refractivity contribution in [1.82, 2.24) is 5.32 Å². The molecule has 1 heterocycles. The van der Waals surface area contributed by atoms with Gasteiger partial charge in [-0.25, -0.2) is 0 Å². The summed E-state index contributed by atoms with van der Waals surface area (Å²) in [6, 6.07) is 6.01. The third kappa shape index (κ3) is 3.07. The first-order chi connectivity index (χ1) is 9.84. The van der Waals surface area contributed by atoms with E-state index in [0.717, 1.165) is 49.4 Å². The van der Waals surface area contributed by atoms with Crippen molar-refractivity contribution in [2.24, 2.45) is 5.92 Å². The molecule has 1 aromatic rings. The fraction of sp³-hybridized carbons (Fsp3) is 0.625. The highest BCUT2D eigenvalue weighted by molar-refractivity contribution is 5.47. The summed E-state index contributed by atoms with van der Waals surface area (Å²) < 4.78 is 11.3. The van der Waals surface area contributed by atoms with Crippen LogP contribution < -0.4 is 14.8 Å². The number of aliphatic hydroxyl groups is 1. The number of fused-ring (bicyclic) bond motifs is 1. The van der Waals surface area contributed by atoms with Gasteiger partial charge < -0.3 is 19.9 Å². The highest BCUT2D eigenvalue weighted by Crippen LogP contribution is 2.33. The minimum absolute atomic E-state index is 0.138. The standard InChI is InChI=1S/C16H23NO3/c18-14-6-2-1-4-12(14)10-17-11-13-5-3-7-15-16(13)20-9-8-19-15/h3,5,7,12,14,17-18H,1-2,4,6,8-11H2. The minimum Gasteiger partial charge on any atom is -0.486 e. The van der Waals surface area contributed by atoms with Crippen molar-refractivity contribution in [3.8, 4) is 11.5 Å². The number of aliphatic hydroxyl groups excluding tert-OH is 1. The summed E-state index contributed by atoms with van der Waals surface area (Å²) in [5.74, 6) is 2.10. The van der Waals surface area contributed by atoms with Gasteiger partial charge in [-0.05, 0) is 24.8 Å². The van der Waals surface area contributed by atoms with Gasteiger partial charge in [-0.1, -0.05) is 25.0 Å². The number of hydrogen-bond donors (Lipinski definition) is 2. The van der Waals surface area contributed by atoms with Crippen LogP contribution in [0.15, 0.2) is 18.2 Å².